The van der Waals surface area contributed by atoms with Gasteiger partial charge in [0.25, 0.3) is 0 Å². The molecular weight excluding hydrogens is 218 g/mol. The van der Waals surface area contributed by atoms with Crippen molar-refractivity contribution >= 4 is 17.4 Å². The largest absolute Gasteiger partial charge is 0.397 e. The number of ether oxygens (including phenoxy) is 1. The molecule has 2 heterocycles. The van der Waals surface area contributed by atoms with Crippen LogP contribution < -0.4 is 11.1 Å². The highest BCUT2D eigenvalue weighted by Gasteiger charge is 2.19. The van der Waals surface area contributed by atoms with E-state index in [9.17, 15) is 4.79 Å². The van der Waals surface area contributed by atoms with Crippen LogP contribution in [0.25, 0.3) is 0 Å². The maximum absolute atomic E-state index is 11.7. The molecule has 3 N–H and O–H groups in total. The second kappa shape index (κ2) is 5.14. The fourth-order valence-electron chi connectivity index (χ4n) is 1.84. The number of aryl methyl sites for hydroxylation is 1. The van der Waals surface area contributed by atoms with Crippen LogP contribution in [0.15, 0.2) is 12.3 Å². The number of carbonyl (C=O) groups excluding carboxylic acids is 1. The fraction of sp³-hybridized carbons (Fsp3) is 0.500. The Hall–Kier alpha value is -1.62. The minimum absolute atomic E-state index is 0.0601. The van der Waals surface area contributed by atoms with E-state index in [1.807, 2.05) is 6.92 Å². The summed E-state index contributed by atoms with van der Waals surface area (Å²) in [5.74, 6) is 0.480. The number of nitrogens with zero attached hydrogens (tertiary/aromatic N) is 1. The molecule has 0 radical (unpaired) electrons. The Kier molecular flexibility index (Phi) is 3.58. The second-order valence-electron chi connectivity index (χ2n) is 4.31. The summed E-state index contributed by atoms with van der Waals surface area (Å²) < 4.78 is 5.40. The lowest BCUT2D eigenvalue weighted by Gasteiger charge is -2.10. The quantitative estimate of drug-likeness (QED) is 0.831. The number of carbonyl (C=O) groups is 1. The molecule has 1 saturated heterocycles. The van der Waals surface area contributed by atoms with Crippen molar-refractivity contribution in [1.29, 1.82) is 0 Å². The maximum atomic E-state index is 11.7. The predicted octanol–water partition coefficient (Wildman–Crippen LogP) is 1.48. The highest BCUT2D eigenvalue weighted by atomic mass is 16.5. The van der Waals surface area contributed by atoms with Crippen LogP contribution >= 0.6 is 0 Å². The first-order valence-corrected chi connectivity index (χ1v) is 5.79. The van der Waals surface area contributed by atoms with Crippen LogP contribution in [0.2, 0.25) is 0 Å². The highest BCUT2D eigenvalue weighted by molar-refractivity contribution is 5.90. The summed E-state index contributed by atoms with van der Waals surface area (Å²) in [6.07, 6.45) is 4.01. The van der Waals surface area contributed by atoms with Crippen LogP contribution in [-0.2, 0) is 9.53 Å². The Balaban J connectivity index is 1.90. The lowest BCUT2D eigenvalue weighted by atomic mass is 10.2. The molecule has 1 unspecified atom stereocenters. The SMILES string of the molecule is Cc1cc(NC(=O)CC2CCCO2)ncc1N. The molecule has 1 aliphatic heterocycles. The van der Waals surface area contributed by atoms with E-state index >= 15 is 0 Å². The van der Waals surface area contributed by atoms with Crippen molar-refractivity contribution in [2.45, 2.75) is 32.3 Å². The van der Waals surface area contributed by atoms with Gasteiger partial charge in [0.15, 0.2) is 0 Å². The molecule has 92 valence electrons. The third-order valence-electron chi connectivity index (χ3n) is 2.86. The summed E-state index contributed by atoms with van der Waals surface area (Å²) in [5.41, 5.74) is 7.19. The van der Waals surface area contributed by atoms with Crippen LogP contribution in [0.3, 0.4) is 0 Å². The van der Waals surface area contributed by atoms with Gasteiger partial charge in [-0.3, -0.25) is 4.79 Å². The normalized spacial score (nSPS) is 19.2. The average molecular weight is 235 g/mol. The van der Waals surface area contributed by atoms with Crippen LogP contribution in [0.5, 0.6) is 0 Å². The Morgan fingerprint density at radius 3 is 3.18 bits per heavy atom. The summed E-state index contributed by atoms with van der Waals surface area (Å²) in [6.45, 7) is 2.64. The van der Waals surface area contributed by atoms with Gasteiger partial charge in [0.05, 0.1) is 24.4 Å². The zero-order valence-electron chi connectivity index (χ0n) is 9.90. The molecule has 2 rings (SSSR count). The smallest absolute Gasteiger partial charge is 0.228 e. The molecule has 17 heavy (non-hydrogen) atoms. The van der Waals surface area contributed by atoms with Gasteiger partial charge in [-0.25, -0.2) is 4.98 Å². The number of aromatic nitrogens is 1. The number of anilines is 2. The second-order valence-corrected chi connectivity index (χ2v) is 4.31. The molecule has 0 bridgehead atoms. The van der Waals surface area contributed by atoms with E-state index in [0.29, 0.717) is 17.9 Å². The monoisotopic (exact) mass is 235 g/mol. The number of nitrogen functional groups attached to an aromatic ring is 1. The zero-order chi connectivity index (χ0) is 12.3. The van der Waals surface area contributed by atoms with E-state index in [1.165, 1.54) is 0 Å². The third-order valence-corrected chi connectivity index (χ3v) is 2.86. The van der Waals surface area contributed by atoms with Crippen molar-refractivity contribution < 1.29 is 9.53 Å². The van der Waals surface area contributed by atoms with Crippen molar-refractivity contribution in [2.24, 2.45) is 0 Å². The first-order valence-electron chi connectivity index (χ1n) is 5.79. The van der Waals surface area contributed by atoms with Gasteiger partial charge in [-0.2, -0.15) is 0 Å². The molecule has 1 aliphatic rings. The van der Waals surface area contributed by atoms with Gasteiger partial charge in [-0.1, -0.05) is 0 Å². The maximum Gasteiger partial charge on any atom is 0.228 e. The molecule has 1 amide bonds. The summed E-state index contributed by atoms with van der Waals surface area (Å²) in [7, 11) is 0. The number of amides is 1. The predicted molar refractivity (Wildman–Crippen MR) is 65.6 cm³/mol. The number of hydrogen-bond acceptors (Lipinski definition) is 4. The Bertz CT molecular complexity index is 414. The van der Waals surface area contributed by atoms with Gasteiger partial charge in [0.1, 0.15) is 5.82 Å². The van der Waals surface area contributed by atoms with Gasteiger partial charge in [-0.15, -0.1) is 0 Å². The van der Waals surface area contributed by atoms with Gasteiger partial charge in [0.2, 0.25) is 5.91 Å². The minimum Gasteiger partial charge on any atom is -0.397 e. The topological polar surface area (TPSA) is 77.2 Å². The van der Waals surface area contributed by atoms with E-state index in [1.54, 1.807) is 12.3 Å². The molecule has 0 aliphatic carbocycles. The molecule has 1 fully saturated rings. The zero-order valence-corrected chi connectivity index (χ0v) is 9.90. The molecule has 0 saturated carbocycles. The van der Waals surface area contributed by atoms with Crippen LogP contribution in [0.4, 0.5) is 11.5 Å². The number of nitrogens with one attached hydrogen (secondary N) is 1. The summed E-state index contributed by atoms with van der Waals surface area (Å²) in [6, 6.07) is 1.77. The van der Waals surface area contributed by atoms with Crippen LogP contribution in [0.1, 0.15) is 24.8 Å². The van der Waals surface area contributed by atoms with E-state index in [0.717, 1.165) is 25.0 Å². The summed E-state index contributed by atoms with van der Waals surface area (Å²) in [4.78, 5) is 15.8. The van der Waals surface area contributed by atoms with Crippen molar-refractivity contribution in [3.05, 3.63) is 17.8 Å². The van der Waals surface area contributed by atoms with Gasteiger partial charge >= 0.3 is 0 Å². The van der Waals surface area contributed by atoms with Gasteiger partial charge < -0.3 is 15.8 Å². The van der Waals surface area contributed by atoms with E-state index < -0.39 is 0 Å². The molecule has 1 aromatic rings. The Morgan fingerprint density at radius 2 is 2.53 bits per heavy atom. The Labute approximate surface area is 100 Å². The first-order chi connectivity index (χ1) is 8.15. The highest BCUT2D eigenvalue weighted by Crippen LogP contribution is 2.17. The van der Waals surface area contributed by atoms with Crippen molar-refractivity contribution in [3.8, 4) is 0 Å². The number of hydrogen-bond donors (Lipinski definition) is 2. The molecule has 1 atom stereocenters. The summed E-state index contributed by atoms with van der Waals surface area (Å²) in [5, 5.41) is 2.75. The fourth-order valence-corrected chi connectivity index (χ4v) is 1.84. The average Bonchev–Trinajstić information content (AvgIpc) is 2.76. The lowest BCUT2D eigenvalue weighted by molar-refractivity contribution is -0.118. The van der Waals surface area contributed by atoms with Crippen LogP contribution in [-0.4, -0.2) is 23.6 Å². The molecule has 1 aromatic heterocycles. The van der Waals surface area contributed by atoms with Crippen molar-refractivity contribution in [2.75, 3.05) is 17.7 Å². The summed E-state index contributed by atoms with van der Waals surface area (Å²) >= 11 is 0. The molecule has 5 nitrogen and oxygen atoms in total. The Morgan fingerprint density at radius 1 is 1.71 bits per heavy atom. The van der Waals surface area contributed by atoms with E-state index in [2.05, 4.69) is 10.3 Å². The number of nitrogens with two attached hydrogens (primary N) is 1. The molecule has 0 aromatic carbocycles. The minimum atomic E-state index is -0.0615. The standard InChI is InChI=1S/C12H17N3O2/c1-8-5-11(14-7-10(8)13)15-12(16)6-9-3-2-4-17-9/h5,7,9H,2-4,6,13H2,1H3,(H,14,15,16). The lowest BCUT2D eigenvalue weighted by Crippen LogP contribution is -2.19. The van der Waals surface area contributed by atoms with Gasteiger partial charge in [-0.05, 0) is 31.4 Å². The molecule has 0 spiro atoms. The molecular formula is C12H17N3O2. The van der Waals surface area contributed by atoms with Crippen molar-refractivity contribution in [3.63, 3.8) is 0 Å². The van der Waals surface area contributed by atoms with E-state index in [4.69, 9.17) is 10.5 Å². The van der Waals surface area contributed by atoms with Gasteiger partial charge in [0, 0.05) is 6.61 Å². The molecule has 5 heteroatoms. The van der Waals surface area contributed by atoms with Crippen LogP contribution in [0, 0.1) is 6.92 Å². The van der Waals surface area contributed by atoms with Crippen molar-refractivity contribution in [1.82, 2.24) is 4.98 Å². The first kappa shape index (κ1) is 11.9. The van der Waals surface area contributed by atoms with E-state index in [-0.39, 0.29) is 12.0 Å². The third kappa shape index (κ3) is 3.17. The number of rotatable bonds is 3. The number of pyridine rings is 1.